The van der Waals surface area contributed by atoms with Crippen molar-refractivity contribution in [3.63, 3.8) is 0 Å². The van der Waals surface area contributed by atoms with Crippen molar-refractivity contribution in [1.82, 2.24) is 24.8 Å². The number of halogens is 1. The molecule has 1 aromatic carbocycles. The lowest BCUT2D eigenvalue weighted by Crippen LogP contribution is -2.59. The number of aliphatic hydroxyl groups is 1. The second kappa shape index (κ2) is 11.9. The fourth-order valence-electron chi connectivity index (χ4n) is 6.75. The van der Waals surface area contributed by atoms with E-state index in [0.717, 1.165) is 5.52 Å². The van der Waals surface area contributed by atoms with Crippen molar-refractivity contribution in [3.8, 4) is 0 Å². The van der Waals surface area contributed by atoms with Gasteiger partial charge in [-0.05, 0) is 24.5 Å². The Morgan fingerprint density at radius 3 is 2.78 bits per heavy atom. The van der Waals surface area contributed by atoms with E-state index in [1.165, 1.54) is 17.8 Å². The molecule has 8 atom stereocenters. The number of carbonyl (C=O) groups is 3. The number of nitrogens with zero attached hydrogens (tertiary/aromatic N) is 5. The van der Waals surface area contributed by atoms with Gasteiger partial charge in [0.2, 0.25) is 11.8 Å². The van der Waals surface area contributed by atoms with Gasteiger partial charge in [0.15, 0.2) is 0 Å². The molecular weight excluding hydrogens is 610 g/mol. The molecule has 3 aliphatic rings. The molecule has 10 nitrogen and oxygen atoms in total. The van der Waals surface area contributed by atoms with E-state index in [1.54, 1.807) is 20.6 Å². The van der Waals surface area contributed by atoms with Crippen LogP contribution < -0.4 is 0 Å². The van der Waals surface area contributed by atoms with Crippen molar-refractivity contribution < 1.29 is 24.2 Å². The number of ether oxygens (including phenoxy) is 1. The number of rotatable bonds is 12. The van der Waals surface area contributed by atoms with Crippen LogP contribution in [0.5, 0.6) is 0 Å². The van der Waals surface area contributed by atoms with Gasteiger partial charge in [0.1, 0.15) is 24.8 Å². The van der Waals surface area contributed by atoms with Crippen LogP contribution in [0.15, 0.2) is 49.6 Å². The average molecular weight is 647 g/mol. The molecule has 1 spiro atoms. The molecule has 3 unspecified atom stereocenters. The summed E-state index contributed by atoms with van der Waals surface area (Å²) in [5, 5.41) is 18.9. The van der Waals surface area contributed by atoms with E-state index < -0.39 is 34.6 Å². The number of fused-ring (bicyclic) bond motifs is 2. The normalized spacial score (nSPS) is 29.8. The van der Waals surface area contributed by atoms with Crippen molar-refractivity contribution in [2.24, 2.45) is 17.8 Å². The second-order valence-electron chi connectivity index (χ2n) is 11.0. The van der Waals surface area contributed by atoms with Crippen LogP contribution in [0.4, 0.5) is 0 Å². The van der Waals surface area contributed by atoms with E-state index in [0.29, 0.717) is 18.4 Å². The molecule has 3 fully saturated rings. The van der Waals surface area contributed by atoms with E-state index in [-0.39, 0.29) is 54.2 Å². The Balaban J connectivity index is 1.59. The first kappa shape index (κ1) is 29.8. The summed E-state index contributed by atoms with van der Waals surface area (Å²) in [4.78, 5) is 45.7. The van der Waals surface area contributed by atoms with Crippen LogP contribution in [-0.4, -0.2) is 94.4 Å². The standard InChI is InChI=1S/C29H36BrN5O5S/c1-5-12-33(16-34-20-11-9-8-10-19(20)31-32-34)27(38)25-29-14-18(30)24(41-29)22(28(39)40-13-6-2)23(29)26(37)35(25)21(15-36)17(4)7-3/h5-6,8-11,17-18,21-25,36H,1-2,7,12-16H2,3-4H3/t17-,18?,21-,22+,23-,24+,25?,29?/m0/s1. The van der Waals surface area contributed by atoms with Crippen molar-refractivity contribution >= 4 is 56.5 Å². The predicted molar refractivity (Wildman–Crippen MR) is 160 cm³/mol. The molecule has 2 bridgehead atoms. The number of amides is 2. The number of hydrogen-bond donors (Lipinski definition) is 1. The van der Waals surface area contributed by atoms with Crippen LogP contribution in [0.1, 0.15) is 26.7 Å². The summed E-state index contributed by atoms with van der Waals surface area (Å²) < 4.78 is 6.27. The number of carbonyl (C=O) groups excluding carboxylic acids is 3. The maximum atomic E-state index is 14.7. The molecule has 5 rings (SSSR count). The van der Waals surface area contributed by atoms with Gasteiger partial charge >= 0.3 is 5.97 Å². The number of alkyl halides is 1. The maximum Gasteiger partial charge on any atom is 0.311 e. The Kier molecular flexibility index (Phi) is 8.63. The minimum absolute atomic E-state index is 0.0464. The second-order valence-corrected chi connectivity index (χ2v) is 13.7. The smallest absolute Gasteiger partial charge is 0.311 e. The molecule has 41 heavy (non-hydrogen) atoms. The van der Waals surface area contributed by atoms with Crippen LogP contribution in [-0.2, 0) is 25.8 Å². The fraction of sp³-hybridized carbons (Fsp3) is 0.552. The van der Waals surface area contributed by atoms with Gasteiger partial charge in [-0.3, -0.25) is 14.4 Å². The van der Waals surface area contributed by atoms with Gasteiger partial charge in [0, 0.05) is 16.6 Å². The molecule has 3 saturated heterocycles. The highest BCUT2D eigenvalue weighted by Crippen LogP contribution is 2.68. The van der Waals surface area contributed by atoms with E-state index in [9.17, 15) is 19.5 Å². The first-order valence-electron chi connectivity index (χ1n) is 13.9. The van der Waals surface area contributed by atoms with Crippen LogP contribution in [0, 0.1) is 17.8 Å². The first-order chi connectivity index (χ1) is 19.7. The molecule has 0 aliphatic carbocycles. The lowest BCUT2D eigenvalue weighted by molar-refractivity contribution is -0.154. The number of hydrogen-bond acceptors (Lipinski definition) is 8. The molecule has 0 saturated carbocycles. The van der Waals surface area contributed by atoms with E-state index in [4.69, 9.17) is 4.74 Å². The van der Waals surface area contributed by atoms with Gasteiger partial charge in [0.05, 0.1) is 34.7 Å². The predicted octanol–water partition coefficient (Wildman–Crippen LogP) is 3.00. The van der Waals surface area contributed by atoms with Crippen molar-refractivity contribution in [1.29, 1.82) is 0 Å². The third-order valence-electron chi connectivity index (χ3n) is 8.81. The van der Waals surface area contributed by atoms with Gasteiger partial charge in [-0.25, -0.2) is 4.68 Å². The Morgan fingerprint density at radius 2 is 2.10 bits per heavy atom. The summed E-state index contributed by atoms with van der Waals surface area (Å²) in [7, 11) is 0. The highest BCUT2D eigenvalue weighted by Gasteiger charge is 2.76. The number of benzene rings is 1. The molecule has 2 aromatic rings. The monoisotopic (exact) mass is 645 g/mol. The number of esters is 1. The third-order valence-corrected chi connectivity index (χ3v) is 12.0. The Morgan fingerprint density at radius 1 is 1.34 bits per heavy atom. The zero-order valence-electron chi connectivity index (χ0n) is 23.3. The van der Waals surface area contributed by atoms with Gasteiger partial charge in [-0.1, -0.05) is 72.3 Å². The summed E-state index contributed by atoms with van der Waals surface area (Å²) >= 11 is 5.31. The zero-order chi connectivity index (χ0) is 29.5. The number of aliphatic hydroxyl groups excluding tert-OH is 1. The summed E-state index contributed by atoms with van der Waals surface area (Å²) in [5.41, 5.74) is 1.49. The maximum absolute atomic E-state index is 14.7. The van der Waals surface area contributed by atoms with E-state index in [1.807, 2.05) is 38.1 Å². The van der Waals surface area contributed by atoms with Crippen molar-refractivity contribution in [2.75, 3.05) is 19.8 Å². The summed E-state index contributed by atoms with van der Waals surface area (Å²) in [6, 6.07) is 6.02. The number of para-hydroxylation sites is 1. The molecular formula is C29H36BrN5O5S. The van der Waals surface area contributed by atoms with Gasteiger partial charge in [-0.15, -0.1) is 23.4 Å². The van der Waals surface area contributed by atoms with Gasteiger partial charge in [0.25, 0.3) is 0 Å². The molecule has 1 aromatic heterocycles. The topological polar surface area (TPSA) is 118 Å². The lowest BCUT2D eigenvalue weighted by atomic mass is 9.71. The highest BCUT2D eigenvalue weighted by molar-refractivity contribution is 9.09. The largest absolute Gasteiger partial charge is 0.461 e. The van der Waals surface area contributed by atoms with E-state index >= 15 is 0 Å². The van der Waals surface area contributed by atoms with Crippen molar-refractivity contribution in [2.45, 2.75) is 60.3 Å². The van der Waals surface area contributed by atoms with Crippen LogP contribution >= 0.6 is 27.7 Å². The zero-order valence-corrected chi connectivity index (χ0v) is 25.7. The minimum atomic E-state index is -0.895. The first-order valence-corrected chi connectivity index (χ1v) is 15.7. The summed E-state index contributed by atoms with van der Waals surface area (Å²) in [6.45, 7) is 11.6. The molecule has 3 aliphatic heterocycles. The fourth-order valence-corrected chi connectivity index (χ4v) is 10.3. The summed E-state index contributed by atoms with van der Waals surface area (Å²) in [5.74, 6) is -2.53. The molecule has 220 valence electrons. The number of thioether (sulfide) groups is 1. The third kappa shape index (κ3) is 4.81. The molecule has 4 heterocycles. The molecule has 12 heteroatoms. The Hall–Kier alpha value is -2.70. The molecule has 1 N–H and O–H groups in total. The quantitative estimate of drug-likeness (QED) is 0.213. The Labute approximate surface area is 252 Å². The molecule has 2 amide bonds. The van der Waals surface area contributed by atoms with Crippen LogP contribution in [0.3, 0.4) is 0 Å². The van der Waals surface area contributed by atoms with E-state index in [2.05, 4.69) is 39.4 Å². The average Bonchev–Trinajstić information content (AvgIpc) is 3.69. The number of aromatic nitrogens is 3. The lowest BCUT2D eigenvalue weighted by Gasteiger charge is -2.41. The number of likely N-dealkylation sites (tertiary alicyclic amines) is 1. The van der Waals surface area contributed by atoms with Crippen molar-refractivity contribution in [3.05, 3.63) is 49.6 Å². The molecule has 0 radical (unpaired) electrons. The Bertz CT molecular complexity index is 1350. The SMILES string of the molecule is C=CCOC(=O)[C@H]1[C@@H]2SC3(CC2Br)C(C(=O)N(CC=C)Cn2nnc4ccccc42)N([C@@H](CO)[C@@H](C)CC)C(=O)[C@H]13. The summed E-state index contributed by atoms with van der Waals surface area (Å²) in [6.07, 6.45) is 4.38. The highest BCUT2D eigenvalue weighted by atomic mass is 79.9. The van der Waals surface area contributed by atoms with Gasteiger partial charge in [-0.2, -0.15) is 0 Å². The van der Waals surface area contributed by atoms with Crippen LogP contribution in [0.25, 0.3) is 11.0 Å². The minimum Gasteiger partial charge on any atom is -0.461 e. The van der Waals surface area contributed by atoms with Crippen LogP contribution in [0.2, 0.25) is 0 Å². The van der Waals surface area contributed by atoms with Gasteiger partial charge < -0.3 is 19.6 Å².